The van der Waals surface area contributed by atoms with E-state index in [1.165, 1.54) is 17.0 Å². The Kier molecular flexibility index (Phi) is 5.69. The predicted octanol–water partition coefficient (Wildman–Crippen LogP) is 4.81. The molecule has 1 aliphatic rings. The first-order valence-corrected chi connectivity index (χ1v) is 10.3. The molecule has 0 aliphatic carbocycles. The van der Waals surface area contributed by atoms with Gasteiger partial charge in [0.05, 0.1) is 17.7 Å². The summed E-state index contributed by atoms with van der Waals surface area (Å²) in [6, 6.07) is 21.0. The lowest BCUT2D eigenvalue weighted by Crippen LogP contribution is -2.29. The van der Waals surface area contributed by atoms with Crippen LogP contribution in [-0.2, 0) is 9.59 Å². The summed E-state index contributed by atoms with van der Waals surface area (Å²) >= 11 is 0. The molecular formula is C26H23NO5. The lowest BCUT2D eigenvalue weighted by atomic mass is 9.95. The van der Waals surface area contributed by atoms with Crippen molar-refractivity contribution in [1.29, 1.82) is 0 Å². The van der Waals surface area contributed by atoms with Gasteiger partial charge >= 0.3 is 0 Å². The molecular weight excluding hydrogens is 406 g/mol. The zero-order chi connectivity index (χ0) is 22.8. The number of benzene rings is 3. The quantitative estimate of drug-likeness (QED) is 0.345. The molecule has 6 nitrogen and oxygen atoms in total. The minimum Gasteiger partial charge on any atom is -0.508 e. The number of ether oxygens (including phenoxy) is 1. The number of hydrogen-bond acceptors (Lipinski definition) is 5. The molecule has 0 radical (unpaired) electrons. The monoisotopic (exact) mass is 429 g/mol. The number of anilines is 1. The van der Waals surface area contributed by atoms with Crippen molar-refractivity contribution < 1.29 is 24.5 Å². The van der Waals surface area contributed by atoms with Gasteiger partial charge in [0.25, 0.3) is 11.7 Å². The Balaban J connectivity index is 1.90. The van der Waals surface area contributed by atoms with E-state index >= 15 is 0 Å². The molecule has 3 aromatic rings. The van der Waals surface area contributed by atoms with E-state index in [1.54, 1.807) is 60.7 Å². The molecule has 4 rings (SSSR count). The number of rotatable bonds is 5. The maximum absolute atomic E-state index is 13.1. The summed E-state index contributed by atoms with van der Waals surface area (Å²) in [5, 5.41) is 20.9. The highest BCUT2D eigenvalue weighted by Crippen LogP contribution is 2.42. The number of phenolic OH excluding ortho intramolecular Hbond substituents is 1. The van der Waals surface area contributed by atoms with Crippen molar-refractivity contribution in [3.8, 4) is 11.5 Å². The van der Waals surface area contributed by atoms with Crippen LogP contribution in [0.1, 0.15) is 31.0 Å². The molecule has 1 heterocycles. The van der Waals surface area contributed by atoms with Crippen molar-refractivity contribution in [3.05, 3.63) is 95.6 Å². The van der Waals surface area contributed by atoms with Crippen LogP contribution in [0, 0.1) is 0 Å². The van der Waals surface area contributed by atoms with E-state index in [1.807, 2.05) is 19.9 Å². The molecule has 6 heteroatoms. The van der Waals surface area contributed by atoms with Crippen molar-refractivity contribution in [2.45, 2.75) is 26.0 Å². The molecule has 2 N–H and O–H groups in total. The third-order valence-corrected chi connectivity index (χ3v) is 5.17. The zero-order valence-corrected chi connectivity index (χ0v) is 17.7. The number of phenols is 1. The topological polar surface area (TPSA) is 87.1 Å². The number of carbonyl (C=O) groups excluding carboxylic acids is 2. The van der Waals surface area contributed by atoms with E-state index in [2.05, 4.69) is 0 Å². The summed E-state index contributed by atoms with van der Waals surface area (Å²) in [5.74, 6) is -1.19. The Morgan fingerprint density at radius 1 is 0.938 bits per heavy atom. The van der Waals surface area contributed by atoms with Gasteiger partial charge in [0.1, 0.15) is 17.3 Å². The fourth-order valence-corrected chi connectivity index (χ4v) is 3.80. The van der Waals surface area contributed by atoms with E-state index in [-0.39, 0.29) is 23.2 Å². The SMILES string of the molecule is CC(C)Oc1cccc(/C(O)=C2/C(=O)C(=O)N(c3ccccc3)C2c2ccc(O)cc2)c1. The molecule has 1 amide bonds. The van der Waals surface area contributed by atoms with Gasteiger partial charge in [-0.2, -0.15) is 0 Å². The number of amides is 1. The van der Waals surface area contributed by atoms with Crippen LogP contribution in [0.25, 0.3) is 5.76 Å². The van der Waals surface area contributed by atoms with E-state index < -0.39 is 17.7 Å². The number of aliphatic hydroxyl groups is 1. The molecule has 1 saturated heterocycles. The van der Waals surface area contributed by atoms with E-state index in [0.717, 1.165) is 0 Å². The maximum atomic E-state index is 13.1. The second-order valence-corrected chi connectivity index (χ2v) is 7.79. The Hall–Kier alpha value is -4.06. The highest BCUT2D eigenvalue weighted by molar-refractivity contribution is 6.51. The predicted molar refractivity (Wildman–Crippen MR) is 122 cm³/mol. The fourth-order valence-electron chi connectivity index (χ4n) is 3.80. The molecule has 1 unspecified atom stereocenters. The second kappa shape index (κ2) is 8.59. The van der Waals surface area contributed by atoms with E-state index in [9.17, 15) is 19.8 Å². The van der Waals surface area contributed by atoms with Gasteiger partial charge in [0.2, 0.25) is 0 Å². The molecule has 0 spiro atoms. The van der Waals surface area contributed by atoms with Crippen LogP contribution in [0.5, 0.6) is 11.5 Å². The highest BCUT2D eigenvalue weighted by atomic mass is 16.5. The standard InChI is InChI=1S/C26H23NO5/c1-16(2)32-21-10-6-7-18(15-21)24(29)22-23(17-11-13-20(28)14-12-17)27(26(31)25(22)30)19-8-4-3-5-9-19/h3-16,23,28-29H,1-2H3/b24-22-. The van der Waals surface area contributed by atoms with Gasteiger partial charge in [-0.25, -0.2) is 0 Å². The summed E-state index contributed by atoms with van der Waals surface area (Å²) < 4.78 is 5.71. The Morgan fingerprint density at radius 2 is 1.62 bits per heavy atom. The molecule has 162 valence electrons. The number of nitrogens with zero attached hydrogens (tertiary/aromatic N) is 1. The smallest absolute Gasteiger partial charge is 0.300 e. The lowest BCUT2D eigenvalue weighted by Gasteiger charge is -2.25. The summed E-state index contributed by atoms with van der Waals surface area (Å²) in [4.78, 5) is 27.6. The van der Waals surface area contributed by atoms with Crippen LogP contribution in [0.3, 0.4) is 0 Å². The highest BCUT2D eigenvalue weighted by Gasteiger charge is 2.46. The molecule has 0 aromatic heterocycles. The molecule has 1 atom stereocenters. The summed E-state index contributed by atoms with van der Waals surface area (Å²) in [7, 11) is 0. The zero-order valence-electron chi connectivity index (χ0n) is 17.7. The van der Waals surface area contributed by atoms with Crippen LogP contribution in [0.4, 0.5) is 5.69 Å². The van der Waals surface area contributed by atoms with Gasteiger partial charge < -0.3 is 14.9 Å². The number of Topliss-reactive ketones (excluding diaryl/α,β-unsaturated/α-hetero) is 1. The Bertz CT molecular complexity index is 1180. The maximum Gasteiger partial charge on any atom is 0.300 e. The average Bonchev–Trinajstić information content (AvgIpc) is 3.05. The molecule has 0 saturated carbocycles. The van der Waals surface area contributed by atoms with Gasteiger partial charge in [-0.3, -0.25) is 14.5 Å². The van der Waals surface area contributed by atoms with Crippen LogP contribution in [0.2, 0.25) is 0 Å². The first-order chi connectivity index (χ1) is 15.4. The fraction of sp³-hybridized carbons (Fsp3) is 0.154. The molecule has 1 fully saturated rings. The number of hydrogen-bond donors (Lipinski definition) is 2. The lowest BCUT2D eigenvalue weighted by molar-refractivity contribution is -0.132. The number of carbonyl (C=O) groups is 2. The van der Waals surface area contributed by atoms with Gasteiger partial charge in [-0.15, -0.1) is 0 Å². The van der Waals surface area contributed by atoms with Gasteiger partial charge in [0.15, 0.2) is 0 Å². The number of ketones is 1. The largest absolute Gasteiger partial charge is 0.508 e. The van der Waals surface area contributed by atoms with Crippen LogP contribution in [-0.4, -0.2) is 28.0 Å². The summed E-state index contributed by atoms with van der Waals surface area (Å²) in [6.45, 7) is 3.78. The van der Waals surface area contributed by atoms with Gasteiger partial charge in [-0.1, -0.05) is 42.5 Å². The van der Waals surface area contributed by atoms with Crippen LogP contribution in [0.15, 0.2) is 84.4 Å². The third kappa shape index (κ3) is 3.95. The Labute approximate surface area is 186 Å². The van der Waals surface area contributed by atoms with Crippen molar-refractivity contribution >= 4 is 23.1 Å². The second-order valence-electron chi connectivity index (χ2n) is 7.79. The number of aliphatic hydroxyl groups excluding tert-OH is 1. The third-order valence-electron chi connectivity index (χ3n) is 5.17. The number of para-hydroxylation sites is 1. The summed E-state index contributed by atoms with van der Waals surface area (Å²) in [5.41, 5.74) is 1.47. The first-order valence-electron chi connectivity index (χ1n) is 10.3. The van der Waals surface area contributed by atoms with Crippen molar-refractivity contribution in [1.82, 2.24) is 0 Å². The average molecular weight is 429 g/mol. The molecule has 3 aromatic carbocycles. The molecule has 1 aliphatic heterocycles. The van der Waals surface area contributed by atoms with Crippen LogP contribution >= 0.6 is 0 Å². The van der Waals surface area contributed by atoms with Crippen molar-refractivity contribution in [2.24, 2.45) is 0 Å². The van der Waals surface area contributed by atoms with Gasteiger partial charge in [0, 0.05) is 11.3 Å². The van der Waals surface area contributed by atoms with Gasteiger partial charge in [-0.05, 0) is 55.8 Å². The Morgan fingerprint density at radius 3 is 2.28 bits per heavy atom. The number of aromatic hydroxyl groups is 1. The van der Waals surface area contributed by atoms with Crippen molar-refractivity contribution in [2.75, 3.05) is 4.90 Å². The van der Waals surface area contributed by atoms with Crippen LogP contribution < -0.4 is 9.64 Å². The molecule has 0 bridgehead atoms. The normalized spacial score (nSPS) is 17.7. The molecule has 32 heavy (non-hydrogen) atoms. The first kappa shape index (κ1) is 21.2. The summed E-state index contributed by atoms with van der Waals surface area (Å²) in [6.07, 6.45) is -0.0620. The minimum absolute atomic E-state index is 0.0220. The van der Waals surface area contributed by atoms with E-state index in [0.29, 0.717) is 22.6 Å². The minimum atomic E-state index is -0.854. The van der Waals surface area contributed by atoms with Crippen molar-refractivity contribution in [3.63, 3.8) is 0 Å². The van der Waals surface area contributed by atoms with E-state index in [4.69, 9.17) is 4.74 Å².